The molecule has 0 saturated heterocycles. The number of carbonyl (C=O) groups is 1. The zero-order valence-electron chi connectivity index (χ0n) is 15.4. The molecule has 2 aromatic rings. The Bertz CT molecular complexity index is 898. The Balaban J connectivity index is 2.48. The SMILES string of the molecule is COc1cc(C(=O)/C=C(\OB(F)F)c2ccc(C#N)cc2)cc(OC)c1OC. The van der Waals surface area contributed by atoms with Gasteiger partial charge in [0.15, 0.2) is 17.3 Å². The second kappa shape index (κ2) is 9.42. The van der Waals surface area contributed by atoms with Crippen molar-refractivity contribution in [2.75, 3.05) is 21.3 Å². The molecule has 144 valence electrons. The summed E-state index contributed by atoms with van der Waals surface area (Å²) in [6, 6.07) is 10.4. The van der Waals surface area contributed by atoms with Crippen molar-refractivity contribution in [3.8, 4) is 23.3 Å². The number of nitriles is 1. The van der Waals surface area contributed by atoms with Gasteiger partial charge in [0.25, 0.3) is 0 Å². The van der Waals surface area contributed by atoms with E-state index in [4.69, 9.17) is 19.5 Å². The highest BCUT2D eigenvalue weighted by Crippen LogP contribution is 2.38. The van der Waals surface area contributed by atoms with Gasteiger partial charge in [-0.1, -0.05) is 12.1 Å². The largest absolute Gasteiger partial charge is 0.796 e. The fraction of sp³-hybridized carbons (Fsp3) is 0.158. The summed E-state index contributed by atoms with van der Waals surface area (Å²) in [6.45, 7) is 0. The monoisotopic (exact) mass is 387 g/mol. The maximum atomic E-state index is 12.8. The molecule has 0 spiro atoms. The van der Waals surface area contributed by atoms with Crippen molar-refractivity contribution in [2.24, 2.45) is 0 Å². The highest BCUT2D eigenvalue weighted by molar-refractivity contribution is 6.36. The lowest BCUT2D eigenvalue weighted by Crippen LogP contribution is -2.07. The zero-order chi connectivity index (χ0) is 20.7. The van der Waals surface area contributed by atoms with Gasteiger partial charge in [-0.05, 0) is 24.3 Å². The lowest BCUT2D eigenvalue weighted by atomic mass is 10.0. The second-order valence-electron chi connectivity index (χ2n) is 5.35. The lowest BCUT2D eigenvalue weighted by Gasteiger charge is -2.13. The van der Waals surface area contributed by atoms with Gasteiger partial charge in [0, 0.05) is 17.2 Å². The van der Waals surface area contributed by atoms with Crippen LogP contribution in [-0.4, -0.2) is 34.6 Å². The molecular formula is C19H16BF2NO5. The molecule has 2 aromatic carbocycles. The summed E-state index contributed by atoms with van der Waals surface area (Å²) in [5.74, 6) is -0.166. The molecule has 0 amide bonds. The Morgan fingerprint density at radius 2 is 1.57 bits per heavy atom. The van der Waals surface area contributed by atoms with Crippen molar-refractivity contribution in [2.45, 2.75) is 0 Å². The van der Waals surface area contributed by atoms with Crippen LogP contribution in [0.5, 0.6) is 17.2 Å². The van der Waals surface area contributed by atoms with E-state index in [-0.39, 0.29) is 28.4 Å². The molecule has 0 saturated carbocycles. The molecule has 0 aliphatic heterocycles. The Morgan fingerprint density at radius 1 is 1.00 bits per heavy atom. The number of hydrogen-bond acceptors (Lipinski definition) is 6. The van der Waals surface area contributed by atoms with Crippen LogP contribution < -0.4 is 14.2 Å². The van der Waals surface area contributed by atoms with E-state index in [1.165, 1.54) is 57.7 Å². The molecule has 0 unspecified atom stereocenters. The summed E-state index contributed by atoms with van der Waals surface area (Å²) in [5.41, 5.74) is 0.690. The minimum absolute atomic E-state index is 0.124. The van der Waals surface area contributed by atoms with Gasteiger partial charge in [0.1, 0.15) is 5.76 Å². The summed E-state index contributed by atoms with van der Waals surface area (Å²) < 4.78 is 45.7. The molecule has 0 atom stereocenters. The highest BCUT2D eigenvalue weighted by Gasteiger charge is 2.22. The average molecular weight is 387 g/mol. The maximum absolute atomic E-state index is 12.8. The highest BCUT2D eigenvalue weighted by atomic mass is 19.2. The number of halogens is 2. The number of hydrogen-bond donors (Lipinski definition) is 0. The third-order valence-corrected chi connectivity index (χ3v) is 3.73. The van der Waals surface area contributed by atoms with Crippen LogP contribution in [0.4, 0.5) is 8.63 Å². The van der Waals surface area contributed by atoms with Crippen LogP contribution in [0, 0.1) is 11.3 Å². The molecular weight excluding hydrogens is 371 g/mol. The van der Waals surface area contributed by atoms with E-state index in [2.05, 4.69) is 4.65 Å². The summed E-state index contributed by atoms with van der Waals surface area (Å²) >= 11 is 0. The van der Waals surface area contributed by atoms with Gasteiger partial charge in [-0.25, -0.2) is 8.63 Å². The van der Waals surface area contributed by atoms with Crippen molar-refractivity contribution < 1.29 is 32.3 Å². The average Bonchev–Trinajstić information content (AvgIpc) is 2.71. The number of ketones is 1. The molecule has 6 nitrogen and oxygen atoms in total. The molecule has 9 heteroatoms. The second-order valence-corrected chi connectivity index (χ2v) is 5.35. The van der Waals surface area contributed by atoms with Crippen LogP contribution in [0.3, 0.4) is 0 Å². The smallest absolute Gasteiger partial charge is 0.505 e. The van der Waals surface area contributed by atoms with Gasteiger partial charge in [-0.15, -0.1) is 0 Å². The van der Waals surface area contributed by atoms with E-state index >= 15 is 0 Å². The van der Waals surface area contributed by atoms with Crippen LogP contribution in [-0.2, 0) is 4.65 Å². The summed E-state index contributed by atoms with van der Waals surface area (Å²) in [4.78, 5) is 12.7. The van der Waals surface area contributed by atoms with E-state index in [9.17, 15) is 13.4 Å². The molecule has 0 bridgehead atoms. The van der Waals surface area contributed by atoms with Crippen LogP contribution >= 0.6 is 0 Å². The quantitative estimate of drug-likeness (QED) is 0.297. The molecule has 0 N–H and O–H groups in total. The van der Waals surface area contributed by atoms with Gasteiger partial charge in [-0.2, -0.15) is 5.26 Å². The number of ether oxygens (including phenoxy) is 3. The molecule has 0 aliphatic carbocycles. The van der Waals surface area contributed by atoms with Crippen LogP contribution in [0.2, 0.25) is 0 Å². The lowest BCUT2D eigenvalue weighted by molar-refractivity contribution is 0.104. The molecule has 0 radical (unpaired) electrons. The summed E-state index contributed by atoms with van der Waals surface area (Å²) in [7, 11) is 1.07. The van der Waals surface area contributed by atoms with Gasteiger partial charge >= 0.3 is 7.47 Å². The predicted octanol–water partition coefficient (Wildman–Crippen LogP) is 3.75. The van der Waals surface area contributed by atoms with Gasteiger partial charge in [0.05, 0.1) is 33.0 Å². The van der Waals surface area contributed by atoms with Crippen molar-refractivity contribution in [1.29, 1.82) is 5.26 Å². The standard InChI is InChI=1S/C19H16BF2NO5/c1-25-17-8-14(9-18(26-2)19(17)27-3)15(24)10-16(28-20(21)22)13-6-4-12(11-23)5-7-13/h4-10H,1-3H3/b16-10-. The van der Waals surface area contributed by atoms with Crippen LogP contribution in [0.25, 0.3) is 5.76 Å². The van der Waals surface area contributed by atoms with E-state index in [0.717, 1.165) is 6.08 Å². The molecule has 2 rings (SSSR count). The summed E-state index contributed by atoms with van der Waals surface area (Å²) in [6.07, 6.45) is 0.939. The Kier molecular flexibility index (Phi) is 6.99. The number of carbonyl (C=O) groups excluding carboxylic acids is 1. The first-order valence-electron chi connectivity index (χ1n) is 7.94. The molecule has 0 aliphatic rings. The Morgan fingerprint density at radius 3 is 2.00 bits per heavy atom. The van der Waals surface area contributed by atoms with Crippen LogP contribution in [0.15, 0.2) is 42.5 Å². The maximum Gasteiger partial charge on any atom is 0.796 e. The third kappa shape index (κ3) is 4.79. The topological polar surface area (TPSA) is 77.8 Å². The first-order valence-corrected chi connectivity index (χ1v) is 7.94. The van der Waals surface area contributed by atoms with E-state index in [0.29, 0.717) is 11.3 Å². The first-order chi connectivity index (χ1) is 13.4. The van der Waals surface area contributed by atoms with Crippen molar-refractivity contribution >= 4 is 19.0 Å². The fourth-order valence-corrected chi connectivity index (χ4v) is 2.42. The number of allylic oxidation sites excluding steroid dienone is 1. The van der Waals surface area contributed by atoms with E-state index < -0.39 is 13.3 Å². The Hall–Kier alpha value is -3.54. The van der Waals surface area contributed by atoms with Crippen LogP contribution in [0.1, 0.15) is 21.5 Å². The number of rotatable bonds is 8. The third-order valence-electron chi connectivity index (χ3n) is 3.73. The normalized spacial score (nSPS) is 10.6. The molecule has 28 heavy (non-hydrogen) atoms. The van der Waals surface area contributed by atoms with Crippen molar-refractivity contribution in [3.63, 3.8) is 0 Å². The zero-order valence-corrected chi connectivity index (χ0v) is 15.4. The van der Waals surface area contributed by atoms with Gasteiger partial charge in [0.2, 0.25) is 5.75 Å². The number of nitrogens with zero attached hydrogens (tertiary/aromatic N) is 1. The van der Waals surface area contributed by atoms with E-state index in [1.807, 2.05) is 6.07 Å². The summed E-state index contributed by atoms with van der Waals surface area (Å²) in [5, 5.41) is 8.84. The molecule has 0 aromatic heterocycles. The molecule has 0 heterocycles. The predicted molar refractivity (Wildman–Crippen MR) is 98.6 cm³/mol. The number of methoxy groups -OCH3 is 3. The number of benzene rings is 2. The van der Waals surface area contributed by atoms with Gasteiger partial charge in [-0.3, -0.25) is 4.79 Å². The van der Waals surface area contributed by atoms with Crippen molar-refractivity contribution in [3.05, 3.63) is 59.2 Å². The Labute approximate surface area is 161 Å². The van der Waals surface area contributed by atoms with E-state index in [1.54, 1.807) is 0 Å². The van der Waals surface area contributed by atoms with Gasteiger partial charge < -0.3 is 18.9 Å². The van der Waals surface area contributed by atoms with Crippen molar-refractivity contribution in [1.82, 2.24) is 0 Å². The minimum Gasteiger partial charge on any atom is -0.505 e. The minimum atomic E-state index is -3.13. The fourth-order valence-electron chi connectivity index (χ4n) is 2.42. The first kappa shape index (κ1) is 20.8. The molecule has 0 fully saturated rings.